The van der Waals surface area contributed by atoms with Crippen LogP contribution in [0.3, 0.4) is 0 Å². The molecule has 1 aliphatic rings. The molecule has 1 aromatic carbocycles. The predicted octanol–water partition coefficient (Wildman–Crippen LogP) is 2.93. The fourth-order valence-corrected chi connectivity index (χ4v) is 4.00. The van der Waals surface area contributed by atoms with Gasteiger partial charge in [-0.2, -0.15) is 0 Å². The van der Waals surface area contributed by atoms with E-state index in [1.807, 2.05) is 0 Å². The van der Waals surface area contributed by atoms with Gasteiger partial charge in [0.15, 0.2) is 9.84 Å². The third-order valence-electron chi connectivity index (χ3n) is 3.41. The Morgan fingerprint density at radius 1 is 1.26 bits per heavy atom. The van der Waals surface area contributed by atoms with Crippen LogP contribution in [0.2, 0.25) is 5.02 Å². The molecule has 1 aliphatic heterocycles. The van der Waals surface area contributed by atoms with Crippen LogP contribution < -0.4 is 5.32 Å². The average Bonchev–Trinajstić information content (AvgIpc) is 2.38. The molecular formula is C13H19Cl2NO2S. The molecule has 6 heteroatoms. The maximum Gasteiger partial charge on any atom is 0.178 e. The third kappa shape index (κ3) is 4.95. The van der Waals surface area contributed by atoms with Crippen molar-refractivity contribution < 1.29 is 8.42 Å². The summed E-state index contributed by atoms with van der Waals surface area (Å²) >= 11 is 5.83. The van der Waals surface area contributed by atoms with Crippen LogP contribution in [0.5, 0.6) is 0 Å². The first-order chi connectivity index (χ1) is 8.58. The third-order valence-corrected chi connectivity index (χ3v) is 5.39. The van der Waals surface area contributed by atoms with Gasteiger partial charge in [-0.3, -0.25) is 0 Å². The highest BCUT2D eigenvalue weighted by molar-refractivity contribution is 7.91. The fraction of sp³-hybridized carbons (Fsp3) is 0.538. The lowest BCUT2D eigenvalue weighted by Gasteiger charge is -2.22. The second kappa shape index (κ2) is 7.48. The maximum absolute atomic E-state index is 12.2. The molecule has 1 saturated heterocycles. The monoisotopic (exact) mass is 323 g/mol. The lowest BCUT2D eigenvalue weighted by atomic mass is 9.96. The van der Waals surface area contributed by atoms with Crippen LogP contribution in [0, 0.1) is 5.92 Å². The molecule has 0 spiro atoms. The SMILES string of the molecule is Cl.O=S(=O)(CCC1CCNCC1)c1cccc(Cl)c1. The molecule has 0 atom stereocenters. The van der Waals surface area contributed by atoms with E-state index in [0.29, 0.717) is 15.8 Å². The van der Waals surface area contributed by atoms with Gasteiger partial charge in [-0.25, -0.2) is 8.42 Å². The Morgan fingerprint density at radius 3 is 2.58 bits per heavy atom. The van der Waals surface area contributed by atoms with Crippen LogP contribution in [0.25, 0.3) is 0 Å². The van der Waals surface area contributed by atoms with Gasteiger partial charge in [0.1, 0.15) is 0 Å². The van der Waals surface area contributed by atoms with Gasteiger partial charge >= 0.3 is 0 Å². The molecule has 1 aromatic rings. The number of benzene rings is 1. The topological polar surface area (TPSA) is 46.2 Å². The van der Waals surface area contributed by atoms with E-state index in [2.05, 4.69) is 5.32 Å². The average molecular weight is 324 g/mol. The number of rotatable bonds is 4. The first-order valence-corrected chi connectivity index (χ1v) is 8.30. The van der Waals surface area contributed by atoms with Crippen molar-refractivity contribution in [1.29, 1.82) is 0 Å². The number of hydrogen-bond donors (Lipinski definition) is 1. The van der Waals surface area contributed by atoms with E-state index in [4.69, 9.17) is 11.6 Å². The van der Waals surface area contributed by atoms with Crippen molar-refractivity contribution in [2.45, 2.75) is 24.2 Å². The molecule has 0 radical (unpaired) electrons. The molecular weight excluding hydrogens is 305 g/mol. The Morgan fingerprint density at radius 2 is 1.95 bits per heavy atom. The summed E-state index contributed by atoms with van der Waals surface area (Å²) in [6.45, 7) is 2.00. The molecule has 0 aromatic heterocycles. The van der Waals surface area contributed by atoms with Gasteiger partial charge in [-0.1, -0.05) is 17.7 Å². The van der Waals surface area contributed by atoms with E-state index in [9.17, 15) is 8.42 Å². The van der Waals surface area contributed by atoms with Crippen LogP contribution in [0.4, 0.5) is 0 Å². The Bertz CT molecular complexity index is 499. The summed E-state index contributed by atoms with van der Waals surface area (Å²) in [5, 5.41) is 3.75. The van der Waals surface area contributed by atoms with Crippen molar-refractivity contribution in [3.63, 3.8) is 0 Å². The minimum Gasteiger partial charge on any atom is -0.317 e. The smallest absolute Gasteiger partial charge is 0.178 e. The molecule has 0 bridgehead atoms. The zero-order valence-electron chi connectivity index (χ0n) is 10.6. The number of sulfone groups is 1. The number of nitrogens with one attached hydrogen (secondary N) is 1. The van der Waals surface area contributed by atoms with Crippen molar-refractivity contribution in [3.8, 4) is 0 Å². The molecule has 2 rings (SSSR count). The number of halogens is 2. The molecule has 0 saturated carbocycles. The first kappa shape index (κ1) is 16.8. The van der Waals surface area contributed by atoms with Crippen LogP contribution in [0.1, 0.15) is 19.3 Å². The van der Waals surface area contributed by atoms with Gasteiger partial charge in [0, 0.05) is 5.02 Å². The molecule has 0 unspecified atom stereocenters. The summed E-state index contributed by atoms with van der Waals surface area (Å²) in [7, 11) is -3.19. The van der Waals surface area contributed by atoms with Gasteiger partial charge in [0.25, 0.3) is 0 Å². The van der Waals surface area contributed by atoms with Gasteiger partial charge in [-0.15, -0.1) is 12.4 Å². The van der Waals surface area contributed by atoms with Gasteiger partial charge < -0.3 is 5.32 Å². The molecule has 1 N–H and O–H groups in total. The Balaban J connectivity index is 0.00000180. The zero-order chi connectivity index (χ0) is 13.0. The van der Waals surface area contributed by atoms with Crippen LogP contribution in [0.15, 0.2) is 29.2 Å². The summed E-state index contributed by atoms with van der Waals surface area (Å²) in [4.78, 5) is 0.337. The van der Waals surface area contributed by atoms with Crippen molar-refractivity contribution in [1.82, 2.24) is 5.32 Å². The summed E-state index contributed by atoms with van der Waals surface area (Å²) in [6.07, 6.45) is 2.90. The van der Waals surface area contributed by atoms with E-state index in [0.717, 1.165) is 32.4 Å². The molecule has 1 fully saturated rings. The summed E-state index contributed by atoms with van der Waals surface area (Å²) in [5.41, 5.74) is 0. The standard InChI is InChI=1S/C13H18ClNO2S.ClH/c14-12-2-1-3-13(10-12)18(16,17)9-6-11-4-7-15-8-5-11;/h1-3,10-11,15H,4-9H2;1H. The van der Waals surface area contributed by atoms with Crippen molar-refractivity contribution in [2.75, 3.05) is 18.8 Å². The first-order valence-electron chi connectivity index (χ1n) is 6.27. The highest BCUT2D eigenvalue weighted by Crippen LogP contribution is 2.21. The molecule has 19 heavy (non-hydrogen) atoms. The van der Waals surface area contributed by atoms with Crippen molar-refractivity contribution in [2.24, 2.45) is 5.92 Å². The van der Waals surface area contributed by atoms with Crippen molar-refractivity contribution >= 4 is 33.8 Å². The van der Waals surface area contributed by atoms with Gasteiger partial charge in [0.05, 0.1) is 10.6 Å². The van der Waals surface area contributed by atoms with E-state index in [1.165, 1.54) is 6.07 Å². The van der Waals surface area contributed by atoms with Gasteiger partial charge in [-0.05, 0) is 56.5 Å². The second-order valence-corrected chi connectivity index (χ2v) is 7.30. The van der Waals surface area contributed by atoms with Gasteiger partial charge in [0.2, 0.25) is 0 Å². The largest absolute Gasteiger partial charge is 0.317 e. The molecule has 108 valence electrons. The highest BCUT2D eigenvalue weighted by atomic mass is 35.5. The van der Waals surface area contributed by atoms with Crippen LogP contribution >= 0.6 is 24.0 Å². The fourth-order valence-electron chi connectivity index (χ4n) is 2.27. The highest BCUT2D eigenvalue weighted by Gasteiger charge is 2.19. The lowest BCUT2D eigenvalue weighted by molar-refractivity contribution is 0.365. The maximum atomic E-state index is 12.2. The van der Waals surface area contributed by atoms with Crippen LogP contribution in [-0.2, 0) is 9.84 Å². The molecule has 1 heterocycles. The Hall–Kier alpha value is -0.290. The van der Waals surface area contributed by atoms with E-state index >= 15 is 0 Å². The lowest BCUT2D eigenvalue weighted by Crippen LogP contribution is -2.28. The molecule has 0 amide bonds. The minimum atomic E-state index is -3.19. The number of hydrogen-bond acceptors (Lipinski definition) is 3. The molecule has 3 nitrogen and oxygen atoms in total. The van der Waals surface area contributed by atoms with Crippen LogP contribution in [-0.4, -0.2) is 27.3 Å². The minimum absolute atomic E-state index is 0. The number of piperidine rings is 1. The second-order valence-electron chi connectivity index (χ2n) is 4.76. The van der Waals surface area contributed by atoms with E-state index < -0.39 is 9.84 Å². The molecule has 0 aliphatic carbocycles. The van der Waals surface area contributed by atoms with E-state index in [-0.39, 0.29) is 18.2 Å². The zero-order valence-corrected chi connectivity index (χ0v) is 13.0. The predicted molar refractivity (Wildman–Crippen MR) is 81.0 cm³/mol. The van der Waals surface area contributed by atoms with Crippen molar-refractivity contribution in [3.05, 3.63) is 29.3 Å². The van der Waals surface area contributed by atoms with E-state index in [1.54, 1.807) is 18.2 Å². The summed E-state index contributed by atoms with van der Waals surface area (Å²) in [5.74, 6) is 0.748. The Labute approximate surface area is 126 Å². The summed E-state index contributed by atoms with van der Waals surface area (Å²) in [6, 6.07) is 6.51. The quantitative estimate of drug-likeness (QED) is 0.926. The normalized spacial score (nSPS) is 16.9. The summed E-state index contributed by atoms with van der Waals surface area (Å²) < 4.78 is 24.3. The Kier molecular flexibility index (Phi) is 6.60.